The van der Waals surface area contributed by atoms with Crippen molar-refractivity contribution in [1.29, 1.82) is 5.41 Å². The number of carbonyl (C=O) groups excluding carboxylic acids is 1. The van der Waals surface area contributed by atoms with Gasteiger partial charge in [-0.25, -0.2) is 4.79 Å². The molecule has 1 rings (SSSR count). The first-order valence-corrected chi connectivity index (χ1v) is 6.44. The predicted octanol–water partition coefficient (Wildman–Crippen LogP) is 3.93. The average molecular weight is 303 g/mol. The van der Waals surface area contributed by atoms with Gasteiger partial charge in [0.25, 0.3) is 0 Å². The van der Waals surface area contributed by atoms with Crippen molar-refractivity contribution >= 4 is 34.5 Å². The van der Waals surface area contributed by atoms with Crippen LogP contribution in [-0.2, 0) is 11.3 Å². The van der Waals surface area contributed by atoms with Crippen LogP contribution in [0.2, 0.25) is 5.02 Å². The molecule has 104 valence electrons. The number of benzene rings is 1. The number of ether oxygens (including phenoxy) is 1. The van der Waals surface area contributed by atoms with E-state index in [0.29, 0.717) is 16.1 Å². The molecule has 4 nitrogen and oxygen atoms in total. The largest absolute Gasteiger partial charge is 0.444 e. The van der Waals surface area contributed by atoms with E-state index in [-0.39, 0.29) is 11.7 Å². The van der Waals surface area contributed by atoms with Crippen LogP contribution < -0.4 is 5.32 Å². The van der Waals surface area contributed by atoms with Gasteiger partial charge < -0.3 is 10.1 Å². The van der Waals surface area contributed by atoms with E-state index in [0.717, 1.165) is 0 Å². The zero-order valence-electron chi connectivity index (χ0n) is 11.0. The second-order valence-electron chi connectivity index (χ2n) is 4.98. The zero-order chi connectivity index (χ0) is 14.6. The van der Waals surface area contributed by atoms with Gasteiger partial charge in [0, 0.05) is 17.1 Å². The quantitative estimate of drug-likeness (QED) is 0.831. The third kappa shape index (κ3) is 5.49. The van der Waals surface area contributed by atoms with E-state index < -0.39 is 11.7 Å². The van der Waals surface area contributed by atoms with Crippen LogP contribution in [0.1, 0.15) is 31.9 Å². The van der Waals surface area contributed by atoms with Crippen molar-refractivity contribution in [2.24, 2.45) is 0 Å². The molecule has 2 N–H and O–H groups in total. The fourth-order valence-corrected chi connectivity index (χ4v) is 1.63. The van der Waals surface area contributed by atoms with Crippen LogP contribution in [0.5, 0.6) is 0 Å². The van der Waals surface area contributed by atoms with Gasteiger partial charge in [0.05, 0.1) is 0 Å². The minimum absolute atomic E-state index is 0.0739. The Balaban J connectivity index is 2.70. The molecule has 6 heteroatoms. The molecule has 0 bridgehead atoms. The molecule has 19 heavy (non-hydrogen) atoms. The molecule has 0 atom stereocenters. The predicted molar refractivity (Wildman–Crippen MR) is 77.2 cm³/mol. The lowest BCUT2D eigenvalue weighted by atomic mass is 10.1. The molecule has 0 heterocycles. The molecule has 0 aromatic heterocycles. The maximum atomic E-state index is 11.5. The van der Waals surface area contributed by atoms with E-state index in [4.69, 9.17) is 33.3 Å². The molecule has 0 aliphatic rings. The molecule has 0 aliphatic carbocycles. The summed E-state index contributed by atoms with van der Waals surface area (Å²) in [6.07, 6.45) is -0.519. The van der Waals surface area contributed by atoms with Crippen molar-refractivity contribution < 1.29 is 9.53 Å². The summed E-state index contributed by atoms with van der Waals surface area (Å²) >= 11 is 11.6. The Bertz CT molecular complexity index is 496. The minimum Gasteiger partial charge on any atom is -0.444 e. The first kappa shape index (κ1) is 15.8. The fraction of sp³-hybridized carbons (Fsp3) is 0.385. The number of amides is 1. The number of halogens is 2. The van der Waals surface area contributed by atoms with Crippen molar-refractivity contribution in [3.63, 3.8) is 0 Å². The van der Waals surface area contributed by atoms with Crippen LogP contribution in [0, 0.1) is 5.41 Å². The van der Waals surface area contributed by atoms with Crippen LogP contribution in [0.3, 0.4) is 0 Å². The molecule has 1 aromatic carbocycles. The van der Waals surface area contributed by atoms with Crippen molar-refractivity contribution in [1.82, 2.24) is 5.32 Å². The number of rotatable bonds is 3. The maximum absolute atomic E-state index is 11.5. The highest BCUT2D eigenvalue weighted by molar-refractivity contribution is 6.68. The van der Waals surface area contributed by atoms with Crippen LogP contribution in [0.4, 0.5) is 4.79 Å². The lowest BCUT2D eigenvalue weighted by Crippen LogP contribution is -2.32. The Morgan fingerprint density at radius 2 is 2.05 bits per heavy atom. The Labute approximate surface area is 122 Å². The van der Waals surface area contributed by atoms with E-state index >= 15 is 0 Å². The zero-order valence-corrected chi connectivity index (χ0v) is 12.5. The third-order valence-electron chi connectivity index (χ3n) is 2.12. The summed E-state index contributed by atoms with van der Waals surface area (Å²) in [4.78, 5) is 11.5. The smallest absolute Gasteiger partial charge is 0.407 e. The molecular formula is C13H16Cl2N2O2. The summed E-state index contributed by atoms with van der Waals surface area (Å²) in [6, 6.07) is 4.95. The van der Waals surface area contributed by atoms with E-state index in [1.807, 2.05) is 0 Å². The molecule has 0 aliphatic heterocycles. The number of nitrogens with one attached hydrogen (secondary N) is 2. The fourth-order valence-electron chi connectivity index (χ4n) is 1.33. The molecule has 1 amide bonds. The average Bonchev–Trinajstić information content (AvgIpc) is 2.25. The lowest BCUT2D eigenvalue weighted by molar-refractivity contribution is 0.0523. The highest BCUT2D eigenvalue weighted by atomic mass is 35.5. The summed E-state index contributed by atoms with van der Waals surface area (Å²) in [6.45, 7) is 5.57. The van der Waals surface area contributed by atoms with Gasteiger partial charge >= 0.3 is 6.09 Å². The standard InChI is InChI=1S/C13H16Cl2N2O2/c1-13(2,3)19-12(18)17-7-9-6-8(11(15)16)4-5-10(9)14/h4-6,16H,7H2,1-3H3,(H,17,18). The normalized spacial score (nSPS) is 11.0. The Morgan fingerprint density at radius 1 is 1.42 bits per heavy atom. The molecule has 0 radical (unpaired) electrons. The van der Waals surface area contributed by atoms with E-state index in [2.05, 4.69) is 5.32 Å². The number of hydrogen-bond donors (Lipinski definition) is 2. The van der Waals surface area contributed by atoms with E-state index in [1.165, 1.54) is 0 Å². The Hall–Kier alpha value is -1.26. The molecule has 0 unspecified atom stereocenters. The summed E-state index contributed by atoms with van der Waals surface area (Å²) in [5, 5.41) is 10.4. The molecule has 1 aromatic rings. The van der Waals surface area contributed by atoms with Crippen molar-refractivity contribution in [2.75, 3.05) is 0 Å². The number of hydrogen-bond acceptors (Lipinski definition) is 3. The number of alkyl carbamates (subject to hydrolysis) is 1. The van der Waals surface area contributed by atoms with Gasteiger partial charge in [-0.05, 0) is 38.5 Å². The van der Waals surface area contributed by atoms with Crippen LogP contribution >= 0.6 is 23.2 Å². The van der Waals surface area contributed by atoms with Gasteiger partial charge in [0.2, 0.25) is 0 Å². The Kier molecular flexibility index (Phi) is 5.20. The molecular weight excluding hydrogens is 287 g/mol. The number of carbonyl (C=O) groups is 1. The first-order chi connectivity index (χ1) is 8.69. The monoisotopic (exact) mass is 302 g/mol. The van der Waals surface area contributed by atoms with Gasteiger partial charge in [0.1, 0.15) is 10.8 Å². The van der Waals surface area contributed by atoms with E-state index in [1.54, 1.807) is 39.0 Å². The third-order valence-corrected chi connectivity index (χ3v) is 2.71. The summed E-state index contributed by atoms with van der Waals surface area (Å²) in [5.74, 6) is 0. The summed E-state index contributed by atoms with van der Waals surface area (Å²) in [7, 11) is 0. The van der Waals surface area contributed by atoms with Crippen LogP contribution in [0.15, 0.2) is 18.2 Å². The Morgan fingerprint density at radius 3 is 2.58 bits per heavy atom. The van der Waals surface area contributed by atoms with Gasteiger partial charge in [0.15, 0.2) is 0 Å². The van der Waals surface area contributed by atoms with Crippen LogP contribution in [0.25, 0.3) is 0 Å². The summed E-state index contributed by atoms with van der Waals surface area (Å²) in [5.41, 5.74) is 0.677. The van der Waals surface area contributed by atoms with Gasteiger partial charge in [-0.1, -0.05) is 29.3 Å². The second kappa shape index (κ2) is 6.26. The maximum Gasteiger partial charge on any atom is 0.407 e. The SMILES string of the molecule is CC(C)(C)OC(=O)NCc1cc(C(=N)Cl)ccc1Cl. The van der Waals surface area contributed by atoms with E-state index in [9.17, 15) is 4.79 Å². The van der Waals surface area contributed by atoms with Crippen LogP contribution in [-0.4, -0.2) is 16.9 Å². The van der Waals surface area contributed by atoms with Crippen molar-refractivity contribution in [3.05, 3.63) is 34.3 Å². The minimum atomic E-state index is -0.548. The second-order valence-corrected chi connectivity index (χ2v) is 5.76. The van der Waals surface area contributed by atoms with Crippen molar-refractivity contribution in [2.45, 2.75) is 32.9 Å². The first-order valence-electron chi connectivity index (χ1n) is 5.69. The molecule has 0 saturated heterocycles. The van der Waals surface area contributed by atoms with Crippen molar-refractivity contribution in [3.8, 4) is 0 Å². The molecule has 0 saturated carbocycles. The highest BCUT2D eigenvalue weighted by Gasteiger charge is 2.16. The molecule has 0 fully saturated rings. The summed E-state index contributed by atoms with van der Waals surface area (Å²) < 4.78 is 5.12. The lowest BCUT2D eigenvalue weighted by Gasteiger charge is -2.19. The molecule has 0 spiro atoms. The van der Waals surface area contributed by atoms with Gasteiger partial charge in [-0.2, -0.15) is 0 Å². The van der Waals surface area contributed by atoms with Gasteiger partial charge in [-0.3, -0.25) is 5.41 Å². The van der Waals surface area contributed by atoms with Gasteiger partial charge in [-0.15, -0.1) is 0 Å². The topological polar surface area (TPSA) is 62.2 Å². The highest BCUT2D eigenvalue weighted by Crippen LogP contribution is 2.19.